The molecule has 0 aromatic heterocycles. The monoisotopic (exact) mass is 288 g/mol. The van der Waals surface area contributed by atoms with Crippen LogP contribution in [-0.2, 0) is 0 Å². The second-order valence-electron chi connectivity index (χ2n) is 4.74. The van der Waals surface area contributed by atoms with Crippen LogP contribution in [0.5, 0.6) is 0 Å². The number of hydrogen-bond acceptors (Lipinski definition) is 0. The first-order valence-electron chi connectivity index (χ1n) is 5.83. The molecule has 2 aromatic carbocycles. The van der Waals surface area contributed by atoms with Crippen molar-refractivity contribution in [2.24, 2.45) is 0 Å². The Morgan fingerprint density at radius 3 is 2.12 bits per heavy atom. The van der Waals surface area contributed by atoms with Crippen LogP contribution < -0.4 is 0 Å². The van der Waals surface area contributed by atoms with E-state index in [1.165, 1.54) is 37.9 Å². The van der Waals surface area contributed by atoms with E-state index in [4.69, 9.17) is 0 Å². The van der Waals surface area contributed by atoms with Crippen LogP contribution in [0.2, 0.25) is 0 Å². The van der Waals surface area contributed by atoms with Gasteiger partial charge in [-0.1, -0.05) is 45.8 Å². The second kappa shape index (κ2) is 4.66. The Morgan fingerprint density at radius 2 is 1.47 bits per heavy atom. The Balaban J connectivity index is 2.68. The molecule has 0 heterocycles. The second-order valence-corrected chi connectivity index (χ2v) is 5.59. The third-order valence-electron chi connectivity index (χ3n) is 3.16. The molecule has 0 fully saturated rings. The van der Waals surface area contributed by atoms with Crippen molar-refractivity contribution in [3.05, 3.63) is 57.1 Å². The molecule has 0 bridgehead atoms. The molecule has 0 atom stereocenters. The summed E-state index contributed by atoms with van der Waals surface area (Å²) in [6, 6.07) is 11.1. The average Bonchev–Trinajstić information content (AvgIpc) is 2.24. The van der Waals surface area contributed by atoms with E-state index < -0.39 is 0 Å². The van der Waals surface area contributed by atoms with Gasteiger partial charge in [-0.15, -0.1) is 0 Å². The van der Waals surface area contributed by atoms with E-state index in [9.17, 15) is 0 Å². The molecule has 0 unspecified atom stereocenters. The first-order chi connectivity index (χ1) is 7.99. The fourth-order valence-corrected chi connectivity index (χ4v) is 2.78. The molecule has 88 valence electrons. The largest absolute Gasteiger partial charge is 0.0587 e. The lowest BCUT2D eigenvalue weighted by Crippen LogP contribution is -1.90. The predicted molar refractivity (Wildman–Crippen MR) is 78.5 cm³/mol. The number of rotatable bonds is 1. The molecule has 0 aliphatic heterocycles. The van der Waals surface area contributed by atoms with Crippen LogP contribution in [-0.4, -0.2) is 0 Å². The molecule has 0 aliphatic rings. The standard InChI is InChI=1S/C16H17Br/c1-10-5-6-14(12(3)7-10)15-8-11(2)9-16(17)13(15)4/h5-9H,1-4H3. The van der Waals surface area contributed by atoms with Gasteiger partial charge in [0, 0.05) is 4.47 Å². The minimum Gasteiger partial charge on any atom is -0.0587 e. The molecule has 1 heteroatoms. The molecule has 0 nitrogen and oxygen atoms in total. The van der Waals surface area contributed by atoms with Crippen LogP contribution in [0.3, 0.4) is 0 Å². The molecule has 0 spiro atoms. The number of benzene rings is 2. The molecular formula is C16H17Br. The van der Waals surface area contributed by atoms with Crippen LogP contribution in [0.15, 0.2) is 34.8 Å². The Bertz CT molecular complexity index is 568. The summed E-state index contributed by atoms with van der Waals surface area (Å²) in [6.07, 6.45) is 0. The fourth-order valence-electron chi connectivity index (χ4n) is 2.21. The van der Waals surface area contributed by atoms with E-state index in [-0.39, 0.29) is 0 Å². The van der Waals surface area contributed by atoms with Crippen LogP contribution >= 0.6 is 15.9 Å². The first-order valence-corrected chi connectivity index (χ1v) is 6.62. The normalized spacial score (nSPS) is 10.6. The third-order valence-corrected chi connectivity index (χ3v) is 3.98. The SMILES string of the molecule is Cc1ccc(-c2cc(C)cc(Br)c2C)c(C)c1. The van der Waals surface area contributed by atoms with Crippen LogP contribution in [0.25, 0.3) is 11.1 Å². The van der Waals surface area contributed by atoms with Crippen molar-refractivity contribution in [1.82, 2.24) is 0 Å². The lowest BCUT2D eigenvalue weighted by atomic mass is 9.94. The smallest absolute Gasteiger partial charge is 0.0213 e. The molecule has 0 N–H and O–H groups in total. The zero-order valence-corrected chi connectivity index (χ0v) is 12.4. The van der Waals surface area contributed by atoms with E-state index in [0.29, 0.717) is 0 Å². The van der Waals surface area contributed by atoms with E-state index in [2.05, 4.69) is 74.0 Å². The van der Waals surface area contributed by atoms with Crippen molar-refractivity contribution < 1.29 is 0 Å². The molecule has 0 saturated carbocycles. The van der Waals surface area contributed by atoms with Gasteiger partial charge in [-0.25, -0.2) is 0 Å². The summed E-state index contributed by atoms with van der Waals surface area (Å²) in [6.45, 7) is 8.61. The maximum atomic E-state index is 3.63. The molecule has 17 heavy (non-hydrogen) atoms. The summed E-state index contributed by atoms with van der Waals surface area (Å²) in [5, 5.41) is 0. The van der Waals surface area contributed by atoms with E-state index in [1.807, 2.05) is 0 Å². The van der Waals surface area contributed by atoms with Gasteiger partial charge in [0.2, 0.25) is 0 Å². The maximum Gasteiger partial charge on any atom is 0.0213 e. The molecule has 0 saturated heterocycles. The summed E-state index contributed by atoms with van der Waals surface area (Å²) in [5.41, 5.74) is 7.91. The van der Waals surface area contributed by atoms with Gasteiger partial charge in [-0.05, 0) is 61.6 Å². The van der Waals surface area contributed by atoms with Gasteiger partial charge in [0.25, 0.3) is 0 Å². The maximum absolute atomic E-state index is 3.63. The Labute approximate surface area is 112 Å². The van der Waals surface area contributed by atoms with E-state index in [0.717, 1.165) is 0 Å². The molecule has 0 radical (unpaired) electrons. The Morgan fingerprint density at radius 1 is 0.765 bits per heavy atom. The van der Waals surface area contributed by atoms with Gasteiger partial charge in [0.1, 0.15) is 0 Å². The minimum absolute atomic E-state index is 1.19. The zero-order valence-electron chi connectivity index (χ0n) is 10.8. The predicted octanol–water partition coefficient (Wildman–Crippen LogP) is 5.35. The van der Waals surface area contributed by atoms with Crippen molar-refractivity contribution in [1.29, 1.82) is 0 Å². The molecule has 2 rings (SSSR count). The van der Waals surface area contributed by atoms with Crippen molar-refractivity contribution in [2.75, 3.05) is 0 Å². The van der Waals surface area contributed by atoms with Gasteiger partial charge in [-0.2, -0.15) is 0 Å². The number of hydrogen-bond donors (Lipinski definition) is 0. The van der Waals surface area contributed by atoms with Gasteiger partial charge in [-0.3, -0.25) is 0 Å². The topological polar surface area (TPSA) is 0 Å². The van der Waals surface area contributed by atoms with E-state index in [1.54, 1.807) is 0 Å². The molecule has 0 aliphatic carbocycles. The summed E-state index contributed by atoms with van der Waals surface area (Å²) < 4.78 is 1.19. The molecule has 2 aromatic rings. The number of halogens is 1. The van der Waals surface area contributed by atoms with Crippen molar-refractivity contribution >= 4 is 15.9 Å². The number of aryl methyl sites for hydroxylation is 3. The highest BCUT2D eigenvalue weighted by Crippen LogP contribution is 2.32. The quantitative estimate of drug-likeness (QED) is 0.664. The highest BCUT2D eigenvalue weighted by atomic mass is 79.9. The van der Waals surface area contributed by atoms with Gasteiger partial charge in [0.15, 0.2) is 0 Å². The molecule has 0 amide bonds. The van der Waals surface area contributed by atoms with Crippen molar-refractivity contribution in [3.8, 4) is 11.1 Å². The Kier molecular flexibility index (Phi) is 3.39. The lowest BCUT2D eigenvalue weighted by Gasteiger charge is -2.13. The molecular weight excluding hydrogens is 272 g/mol. The van der Waals surface area contributed by atoms with Crippen LogP contribution in [0, 0.1) is 27.7 Å². The minimum atomic E-state index is 1.19. The summed E-state index contributed by atoms with van der Waals surface area (Å²) >= 11 is 3.63. The highest BCUT2D eigenvalue weighted by Gasteiger charge is 2.08. The van der Waals surface area contributed by atoms with Gasteiger partial charge < -0.3 is 0 Å². The zero-order chi connectivity index (χ0) is 12.6. The van der Waals surface area contributed by atoms with Crippen LogP contribution in [0.1, 0.15) is 22.3 Å². The van der Waals surface area contributed by atoms with Gasteiger partial charge in [0.05, 0.1) is 0 Å². The Hall–Kier alpha value is -1.08. The third kappa shape index (κ3) is 2.44. The lowest BCUT2D eigenvalue weighted by molar-refractivity contribution is 1.33. The summed E-state index contributed by atoms with van der Waals surface area (Å²) in [7, 11) is 0. The average molecular weight is 289 g/mol. The van der Waals surface area contributed by atoms with Crippen LogP contribution in [0.4, 0.5) is 0 Å². The van der Waals surface area contributed by atoms with Crippen molar-refractivity contribution in [2.45, 2.75) is 27.7 Å². The summed E-state index contributed by atoms with van der Waals surface area (Å²) in [5.74, 6) is 0. The van der Waals surface area contributed by atoms with Gasteiger partial charge >= 0.3 is 0 Å². The highest BCUT2D eigenvalue weighted by molar-refractivity contribution is 9.10. The van der Waals surface area contributed by atoms with E-state index >= 15 is 0 Å². The summed E-state index contributed by atoms with van der Waals surface area (Å²) in [4.78, 5) is 0. The fraction of sp³-hybridized carbons (Fsp3) is 0.250. The first kappa shape index (κ1) is 12.4. The van der Waals surface area contributed by atoms with Crippen molar-refractivity contribution in [3.63, 3.8) is 0 Å².